The van der Waals surface area contributed by atoms with Gasteiger partial charge in [-0.3, -0.25) is 0 Å². The zero-order valence-electron chi connectivity index (χ0n) is 27.6. The van der Waals surface area contributed by atoms with E-state index in [1.807, 2.05) is 12.1 Å². The fourth-order valence-corrected chi connectivity index (χ4v) is 6.56. The summed E-state index contributed by atoms with van der Waals surface area (Å²) in [6.45, 7) is 0. The SMILES string of the molecule is N#Cc1ccc(-c2nc3cc(C(F)(F)F)c4c(-c5ccc(-c6c(F)c(F)c(F)c(F)c6F)cc5)nc5ccccc5c4c3nc2-c2ccc(C#N)cc2)cc1. The van der Waals surface area contributed by atoms with Crippen LogP contribution in [0.25, 0.3) is 77.6 Å². The van der Waals surface area contributed by atoms with Gasteiger partial charge in [-0.2, -0.15) is 23.7 Å². The van der Waals surface area contributed by atoms with E-state index < -0.39 is 52.0 Å². The van der Waals surface area contributed by atoms with E-state index in [-0.39, 0.29) is 50.0 Å². The second-order valence-electron chi connectivity index (χ2n) is 12.3. The number of hydrogen-bond donors (Lipinski definition) is 0. The highest BCUT2D eigenvalue weighted by molar-refractivity contribution is 6.22. The average Bonchev–Trinajstić information content (AvgIpc) is 3.21. The van der Waals surface area contributed by atoms with Crippen LogP contribution < -0.4 is 0 Å². The van der Waals surface area contributed by atoms with Crippen molar-refractivity contribution in [2.75, 3.05) is 0 Å². The normalized spacial score (nSPS) is 11.6. The van der Waals surface area contributed by atoms with Crippen LogP contribution in [0, 0.1) is 51.7 Å². The summed E-state index contributed by atoms with van der Waals surface area (Å²) < 4.78 is 117. The predicted molar refractivity (Wildman–Crippen MR) is 188 cm³/mol. The maximum absolute atomic E-state index is 15.2. The zero-order chi connectivity index (χ0) is 38.8. The summed E-state index contributed by atoms with van der Waals surface area (Å²) in [4.78, 5) is 14.3. The van der Waals surface area contributed by atoms with Crippen LogP contribution in [0.15, 0.2) is 103 Å². The number of benzene rings is 6. The second kappa shape index (κ2) is 13.0. The molecule has 0 aliphatic rings. The number of rotatable bonds is 4. The second-order valence-corrected chi connectivity index (χ2v) is 12.3. The number of nitrogens with zero attached hydrogens (tertiary/aromatic N) is 5. The van der Waals surface area contributed by atoms with Crippen LogP contribution in [0.3, 0.4) is 0 Å². The van der Waals surface area contributed by atoms with Gasteiger partial charge in [0.1, 0.15) is 0 Å². The molecule has 0 N–H and O–H groups in total. The first-order valence-corrected chi connectivity index (χ1v) is 16.2. The largest absolute Gasteiger partial charge is 0.417 e. The lowest BCUT2D eigenvalue weighted by Gasteiger charge is -2.19. The lowest BCUT2D eigenvalue weighted by molar-refractivity contribution is -0.136. The van der Waals surface area contributed by atoms with Crippen molar-refractivity contribution in [3.05, 3.63) is 149 Å². The topological polar surface area (TPSA) is 86.2 Å². The Morgan fingerprint density at radius 2 is 0.927 bits per heavy atom. The lowest BCUT2D eigenvalue weighted by atomic mass is 9.93. The van der Waals surface area contributed by atoms with E-state index >= 15 is 13.2 Å². The minimum absolute atomic E-state index is 0.0303. The van der Waals surface area contributed by atoms with Crippen LogP contribution in [-0.4, -0.2) is 15.0 Å². The Balaban J connectivity index is 1.46. The van der Waals surface area contributed by atoms with Gasteiger partial charge >= 0.3 is 6.18 Å². The highest BCUT2D eigenvalue weighted by Crippen LogP contribution is 2.46. The van der Waals surface area contributed by atoms with Crippen molar-refractivity contribution < 1.29 is 35.1 Å². The van der Waals surface area contributed by atoms with Crippen molar-refractivity contribution in [2.24, 2.45) is 0 Å². The standard InChI is InChI=1S/C42H17F8N5/c43-33-30(34(44)36(46)37(47)35(33)45)22-13-15-23(16-14-22)38-32-27(42(48,49)50)17-29-41(31(32)26-3-1-2-4-28(26)53-38)55-40(25-11-7-21(19-52)8-12-25)39(54-29)24-9-5-20(18-51)6-10-24/h1-17H. The molecule has 0 amide bonds. The molecule has 8 aromatic rings. The number of para-hydroxylation sites is 1. The van der Waals surface area contributed by atoms with E-state index in [2.05, 4.69) is 4.98 Å². The molecule has 2 aromatic heterocycles. The molecule has 13 heteroatoms. The molecule has 2 heterocycles. The highest BCUT2D eigenvalue weighted by atomic mass is 19.4. The fourth-order valence-electron chi connectivity index (χ4n) is 6.56. The molecular formula is C42H17F8N5. The van der Waals surface area contributed by atoms with Crippen molar-refractivity contribution in [1.82, 2.24) is 15.0 Å². The molecule has 8 rings (SSSR count). The van der Waals surface area contributed by atoms with Crippen molar-refractivity contribution >= 4 is 32.7 Å². The number of pyridine rings is 1. The zero-order valence-corrected chi connectivity index (χ0v) is 27.6. The molecular weight excluding hydrogens is 726 g/mol. The molecule has 0 saturated carbocycles. The monoisotopic (exact) mass is 743 g/mol. The molecule has 55 heavy (non-hydrogen) atoms. The molecule has 0 spiro atoms. The Morgan fingerprint density at radius 3 is 1.47 bits per heavy atom. The van der Waals surface area contributed by atoms with Crippen LogP contribution in [0.1, 0.15) is 16.7 Å². The van der Waals surface area contributed by atoms with E-state index in [1.54, 1.807) is 60.7 Å². The molecule has 0 aliphatic heterocycles. The minimum Gasteiger partial charge on any atom is -0.247 e. The molecule has 5 nitrogen and oxygen atoms in total. The first-order valence-electron chi connectivity index (χ1n) is 16.2. The van der Waals surface area contributed by atoms with Crippen molar-refractivity contribution in [1.29, 1.82) is 10.5 Å². The Morgan fingerprint density at radius 1 is 0.473 bits per heavy atom. The third-order valence-electron chi connectivity index (χ3n) is 9.14. The van der Waals surface area contributed by atoms with E-state index in [4.69, 9.17) is 9.97 Å². The summed E-state index contributed by atoms with van der Waals surface area (Å²) in [5.41, 5.74) is -0.620. The molecule has 0 radical (unpaired) electrons. The predicted octanol–water partition coefficient (Wildman–Crippen LogP) is 11.5. The number of fused-ring (bicyclic) bond motifs is 5. The Labute approximate surface area is 305 Å². The molecule has 0 bridgehead atoms. The van der Waals surface area contributed by atoms with Gasteiger partial charge in [-0.25, -0.2) is 36.9 Å². The van der Waals surface area contributed by atoms with Crippen LogP contribution in [0.4, 0.5) is 35.1 Å². The van der Waals surface area contributed by atoms with Crippen LogP contribution >= 0.6 is 0 Å². The van der Waals surface area contributed by atoms with E-state index in [0.717, 1.165) is 18.2 Å². The molecule has 0 fully saturated rings. The van der Waals surface area contributed by atoms with E-state index in [0.29, 0.717) is 27.6 Å². The summed E-state index contributed by atoms with van der Waals surface area (Å²) in [7, 11) is 0. The van der Waals surface area contributed by atoms with Gasteiger partial charge in [0.05, 0.1) is 68.0 Å². The molecule has 0 unspecified atom stereocenters. The van der Waals surface area contributed by atoms with Crippen molar-refractivity contribution in [3.63, 3.8) is 0 Å². The Bertz CT molecular complexity index is 2940. The summed E-state index contributed by atoms with van der Waals surface area (Å²) >= 11 is 0. The number of halogens is 8. The third-order valence-corrected chi connectivity index (χ3v) is 9.14. The molecule has 0 atom stereocenters. The van der Waals surface area contributed by atoms with Gasteiger partial charge in [0, 0.05) is 32.8 Å². The average molecular weight is 744 g/mol. The first-order chi connectivity index (χ1) is 26.4. The van der Waals surface area contributed by atoms with Crippen LogP contribution in [0.5, 0.6) is 0 Å². The third kappa shape index (κ3) is 5.74. The molecule has 6 aromatic carbocycles. The number of hydrogen-bond acceptors (Lipinski definition) is 5. The molecule has 0 aliphatic carbocycles. The Hall–Kier alpha value is -7.25. The summed E-state index contributed by atoms with van der Waals surface area (Å²) in [5, 5.41) is 18.7. The van der Waals surface area contributed by atoms with Gasteiger partial charge < -0.3 is 0 Å². The minimum atomic E-state index is -4.98. The van der Waals surface area contributed by atoms with Gasteiger partial charge in [0.2, 0.25) is 5.82 Å². The number of nitriles is 2. The number of alkyl halides is 3. The van der Waals surface area contributed by atoms with Gasteiger partial charge in [-0.1, -0.05) is 66.7 Å². The quantitative estimate of drug-likeness (QED) is 0.0775. The first kappa shape index (κ1) is 34.8. The molecule has 0 saturated heterocycles. The van der Waals surface area contributed by atoms with Gasteiger partial charge in [0.15, 0.2) is 23.3 Å². The lowest BCUT2D eigenvalue weighted by Crippen LogP contribution is -2.09. The maximum Gasteiger partial charge on any atom is 0.417 e. The van der Waals surface area contributed by atoms with Gasteiger partial charge in [-0.15, -0.1) is 0 Å². The van der Waals surface area contributed by atoms with Crippen molar-refractivity contribution in [3.8, 4) is 57.0 Å². The maximum atomic E-state index is 15.2. The highest BCUT2D eigenvalue weighted by Gasteiger charge is 2.36. The van der Waals surface area contributed by atoms with Gasteiger partial charge in [0.25, 0.3) is 0 Å². The smallest absolute Gasteiger partial charge is 0.247 e. The van der Waals surface area contributed by atoms with Gasteiger partial charge in [-0.05, 0) is 42.0 Å². The molecule has 266 valence electrons. The van der Waals surface area contributed by atoms with Crippen LogP contribution in [0.2, 0.25) is 0 Å². The Kier molecular flexibility index (Phi) is 8.23. The van der Waals surface area contributed by atoms with Crippen molar-refractivity contribution in [2.45, 2.75) is 6.18 Å². The summed E-state index contributed by atoms with van der Waals surface area (Å²) in [6, 6.07) is 28.4. The van der Waals surface area contributed by atoms with E-state index in [9.17, 15) is 32.5 Å². The van der Waals surface area contributed by atoms with E-state index in [1.165, 1.54) is 24.3 Å². The summed E-state index contributed by atoms with van der Waals surface area (Å²) in [5.74, 6) is -10.8. The number of aromatic nitrogens is 3. The summed E-state index contributed by atoms with van der Waals surface area (Å²) in [6.07, 6.45) is -4.98. The fraction of sp³-hybridized carbons (Fsp3) is 0.0238. The van der Waals surface area contributed by atoms with Crippen LogP contribution in [-0.2, 0) is 6.18 Å².